The lowest BCUT2D eigenvalue weighted by atomic mass is 9.90. The lowest BCUT2D eigenvalue weighted by molar-refractivity contribution is 0.109. The number of likely N-dealkylation sites (tertiary alicyclic amines) is 1. The van der Waals surface area contributed by atoms with Gasteiger partial charge in [0.05, 0.1) is 23.5 Å². The molecule has 4 rings (SSSR count). The molecule has 1 saturated heterocycles. The lowest BCUT2D eigenvalue weighted by Gasteiger charge is -2.39. The van der Waals surface area contributed by atoms with Crippen LogP contribution in [0.3, 0.4) is 0 Å². The molecule has 1 fully saturated rings. The maximum atomic E-state index is 5.03. The smallest absolute Gasteiger partial charge is 0.0604 e. The van der Waals surface area contributed by atoms with Crippen LogP contribution in [0.25, 0.3) is 0 Å². The number of nitrogens with zero attached hydrogens (tertiary/aromatic N) is 4. The largest absolute Gasteiger partial charge is 0.289 e. The third-order valence-corrected chi connectivity index (χ3v) is 5.94. The number of hydrogen-bond donors (Lipinski definition) is 0. The topological polar surface area (TPSA) is 41.9 Å². The van der Waals surface area contributed by atoms with Crippen LogP contribution >= 0.6 is 0 Å². The SMILES string of the molecule is Cc1cccnc1Cc1cccc(C2CCCC(c3ncccc3C)N2C)n1. The van der Waals surface area contributed by atoms with Gasteiger partial charge in [0.1, 0.15) is 0 Å². The minimum absolute atomic E-state index is 0.324. The Hall–Kier alpha value is -2.59. The van der Waals surface area contributed by atoms with Gasteiger partial charge in [0.25, 0.3) is 0 Å². The fourth-order valence-corrected chi connectivity index (χ4v) is 4.32. The van der Waals surface area contributed by atoms with Crippen molar-refractivity contribution in [1.29, 1.82) is 0 Å². The number of rotatable bonds is 4. The first-order valence-electron chi connectivity index (χ1n) is 10.1. The molecule has 0 spiro atoms. The van der Waals surface area contributed by atoms with Crippen LogP contribution in [-0.2, 0) is 6.42 Å². The summed E-state index contributed by atoms with van der Waals surface area (Å²) >= 11 is 0. The molecule has 0 amide bonds. The summed E-state index contributed by atoms with van der Waals surface area (Å²) in [5, 5.41) is 0. The Morgan fingerprint density at radius 2 is 1.64 bits per heavy atom. The summed E-state index contributed by atoms with van der Waals surface area (Å²) in [4.78, 5) is 16.7. The predicted molar refractivity (Wildman–Crippen MR) is 112 cm³/mol. The van der Waals surface area contributed by atoms with Crippen molar-refractivity contribution < 1.29 is 0 Å². The van der Waals surface area contributed by atoms with Crippen molar-refractivity contribution >= 4 is 0 Å². The molecule has 1 aliphatic heterocycles. The third-order valence-electron chi connectivity index (χ3n) is 5.94. The first-order chi connectivity index (χ1) is 13.6. The second-order valence-corrected chi connectivity index (χ2v) is 7.83. The van der Waals surface area contributed by atoms with Crippen LogP contribution in [0.1, 0.15) is 65.2 Å². The Morgan fingerprint density at radius 3 is 2.43 bits per heavy atom. The quantitative estimate of drug-likeness (QED) is 0.648. The Morgan fingerprint density at radius 1 is 0.893 bits per heavy atom. The van der Waals surface area contributed by atoms with Crippen molar-refractivity contribution in [3.8, 4) is 0 Å². The van der Waals surface area contributed by atoms with E-state index in [4.69, 9.17) is 9.97 Å². The van der Waals surface area contributed by atoms with Gasteiger partial charge < -0.3 is 0 Å². The van der Waals surface area contributed by atoms with Crippen molar-refractivity contribution in [3.63, 3.8) is 0 Å². The van der Waals surface area contributed by atoms with E-state index in [2.05, 4.69) is 61.1 Å². The maximum Gasteiger partial charge on any atom is 0.0604 e. The van der Waals surface area contributed by atoms with Gasteiger partial charge >= 0.3 is 0 Å². The molecule has 3 aromatic rings. The van der Waals surface area contributed by atoms with E-state index in [0.29, 0.717) is 12.1 Å². The van der Waals surface area contributed by atoms with Crippen LogP contribution in [-0.4, -0.2) is 26.9 Å². The zero-order valence-electron chi connectivity index (χ0n) is 17.0. The summed E-state index contributed by atoms with van der Waals surface area (Å²) in [5.41, 5.74) is 7.04. The first-order valence-corrected chi connectivity index (χ1v) is 10.1. The molecule has 0 bridgehead atoms. The Kier molecular flexibility index (Phi) is 5.49. The van der Waals surface area contributed by atoms with Gasteiger partial charge in [0.15, 0.2) is 0 Å². The van der Waals surface area contributed by atoms with E-state index in [1.165, 1.54) is 23.2 Å². The van der Waals surface area contributed by atoms with Gasteiger partial charge in [-0.1, -0.05) is 18.2 Å². The molecule has 1 aliphatic rings. The highest BCUT2D eigenvalue weighted by Gasteiger charge is 2.31. The number of aromatic nitrogens is 3. The van der Waals surface area contributed by atoms with Crippen molar-refractivity contribution in [2.45, 2.75) is 51.6 Å². The molecule has 4 nitrogen and oxygen atoms in total. The van der Waals surface area contributed by atoms with Gasteiger partial charge in [0.2, 0.25) is 0 Å². The number of piperidine rings is 1. The highest BCUT2D eigenvalue weighted by Crippen LogP contribution is 2.39. The molecule has 0 aliphatic carbocycles. The zero-order valence-corrected chi connectivity index (χ0v) is 17.0. The molecule has 0 saturated carbocycles. The molecular weight excluding hydrogens is 344 g/mol. The van der Waals surface area contributed by atoms with Crippen molar-refractivity contribution in [3.05, 3.63) is 88.8 Å². The summed E-state index contributed by atoms with van der Waals surface area (Å²) in [6.07, 6.45) is 8.03. The normalized spacial score (nSPS) is 20.2. The minimum Gasteiger partial charge on any atom is -0.289 e. The molecule has 0 N–H and O–H groups in total. The molecule has 2 atom stereocenters. The molecule has 0 aromatic carbocycles. The zero-order chi connectivity index (χ0) is 19.5. The molecule has 3 aromatic heterocycles. The standard InChI is InChI=1S/C24H28N4/c1-17-8-6-14-25-21(17)16-19-10-4-11-20(27-19)22-12-5-13-23(28(22)3)24-18(2)9-7-15-26-24/h4,6-11,14-15,22-23H,5,12-13,16H2,1-3H3. The summed E-state index contributed by atoms with van der Waals surface area (Å²) in [7, 11) is 2.22. The summed E-state index contributed by atoms with van der Waals surface area (Å²) in [5.74, 6) is 0. The van der Waals surface area contributed by atoms with E-state index in [9.17, 15) is 0 Å². The van der Waals surface area contributed by atoms with Gasteiger partial charge in [-0.3, -0.25) is 19.9 Å². The highest BCUT2D eigenvalue weighted by atomic mass is 15.2. The lowest BCUT2D eigenvalue weighted by Crippen LogP contribution is -2.34. The van der Waals surface area contributed by atoms with Gasteiger partial charge in [-0.25, -0.2) is 0 Å². The molecule has 2 unspecified atom stereocenters. The molecule has 4 heteroatoms. The van der Waals surface area contributed by atoms with E-state index in [-0.39, 0.29) is 0 Å². The molecule has 4 heterocycles. The van der Waals surface area contributed by atoms with Crippen LogP contribution in [0.2, 0.25) is 0 Å². The van der Waals surface area contributed by atoms with Gasteiger partial charge in [-0.2, -0.15) is 0 Å². The fraction of sp³-hybridized carbons (Fsp3) is 0.375. The number of hydrogen-bond acceptors (Lipinski definition) is 4. The average molecular weight is 373 g/mol. The van der Waals surface area contributed by atoms with Crippen LogP contribution in [0.15, 0.2) is 54.9 Å². The average Bonchev–Trinajstić information content (AvgIpc) is 2.71. The first kappa shape index (κ1) is 18.8. The van der Waals surface area contributed by atoms with Crippen LogP contribution < -0.4 is 0 Å². The maximum absolute atomic E-state index is 5.03. The highest BCUT2D eigenvalue weighted by molar-refractivity contribution is 5.26. The fourth-order valence-electron chi connectivity index (χ4n) is 4.32. The monoisotopic (exact) mass is 372 g/mol. The van der Waals surface area contributed by atoms with E-state index in [0.717, 1.165) is 36.3 Å². The number of aryl methyl sites for hydroxylation is 2. The minimum atomic E-state index is 0.324. The Balaban J connectivity index is 1.58. The second kappa shape index (κ2) is 8.19. The second-order valence-electron chi connectivity index (χ2n) is 7.83. The molecular formula is C24H28N4. The van der Waals surface area contributed by atoms with Gasteiger partial charge in [-0.05, 0) is 75.5 Å². The van der Waals surface area contributed by atoms with Crippen LogP contribution in [0.5, 0.6) is 0 Å². The molecule has 144 valence electrons. The van der Waals surface area contributed by atoms with Crippen LogP contribution in [0.4, 0.5) is 0 Å². The van der Waals surface area contributed by atoms with Crippen molar-refractivity contribution in [2.75, 3.05) is 7.05 Å². The summed E-state index contributed by atoms with van der Waals surface area (Å²) in [6.45, 7) is 4.27. The van der Waals surface area contributed by atoms with Gasteiger partial charge in [0, 0.05) is 30.2 Å². The molecule has 28 heavy (non-hydrogen) atoms. The summed E-state index contributed by atoms with van der Waals surface area (Å²) in [6, 6.07) is 15.4. The third kappa shape index (κ3) is 3.83. The van der Waals surface area contributed by atoms with E-state index in [1.54, 1.807) is 0 Å². The van der Waals surface area contributed by atoms with E-state index in [1.807, 2.05) is 24.5 Å². The Labute approximate surface area is 167 Å². The number of pyridine rings is 3. The van der Waals surface area contributed by atoms with Crippen molar-refractivity contribution in [1.82, 2.24) is 19.9 Å². The van der Waals surface area contributed by atoms with E-state index >= 15 is 0 Å². The van der Waals surface area contributed by atoms with Crippen molar-refractivity contribution in [2.24, 2.45) is 0 Å². The summed E-state index contributed by atoms with van der Waals surface area (Å²) < 4.78 is 0. The predicted octanol–water partition coefficient (Wildman–Crippen LogP) is 4.98. The Bertz CT molecular complexity index is 953. The van der Waals surface area contributed by atoms with E-state index < -0.39 is 0 Å². The molecule has 0 radical (unpaired) electrons. The van der Waals surface area contributed by atoms with Crippen LogP contribution in [0, 0.1) is 13.8 Å². The van der Waals surface area contributed by atoms with Gasteiger partial charge in [-0.15, -0.1) is 0 Å².